The van der Waals surface area contributed by atoms with Gasteiger partial charge in [0.15, 0.2) is 0 Å². The van der Waals surface area contributed by atoms with Gasteiger partial charge >= 0.3 is 0 Å². The third-order valence-electron chi connectivity index (χ3n) is 6.55. The highest BCUT2D eigenvalue weighted by molar-refractivity contribution is 7.92. The van der Waals surface area contributed by atoms with Gasteiger partial charge in [0.2, 0.25) is 11.8 Å². The first-order chi connectivity index (χ1) is 20.1. The molecule has 4 rings (SSSR count). The van der Waals surface area contributed by atoms with Gasteiger partial charge in [-0.05, 0) is 53.6 Å². The topological polar surface area (TPSA) is 86.8 Å². The van der Waals surface area contributed by atoms with Crippen molar-refractivity contribution < 1.29 is 18.0 Å². The number of carbonyl (C=O) groups excluding carboxylic acids is 2. The molecular weight excluding hydrogens is 617 g/mol. The van der Waals surface area contributed by atoms with E-state index in [9.17, 15) is 18.0 Å². The van der Waals surface area contributed by atoms with E-state index in [1.165, 1.54) is 42.3 Å². The van der Waals surface area contributed by atoms with Crippen LogP contribution in [0.15, 0.2) is 108 Å². The number of carbonyl (C=O) groups is 2. The molecule has 0 aromatic heterocycles. The average Bonchev–Trinajstić information content (AvgIpc) is 2.99. The Morgan fingerprint density at radius 1 is 0.786 bits per heavy atom. The minimum Gasteiger partial charge on any atom is -0.357 e. The van der Waals surface area contributed by atoms with Crippen molar-refractivity contribution in [2.24, 2.45) is 0 Å². The number of benzene rings is 4. The van der Waals surface area contributed by atoms with Crippen LogP contribution in [0.4, 0.5) is 5.69 Å². The van der Waals surface area contributed by atoms with Crippen LogP contribution in [0.2, 0.25) is 15.1 Å². The minimum absolute atomic E-state index is 0.00713. The summed E-state index contributed by atoms with van der Waals surface area (Å²) in [4.78, 5) is 28.9. The third kappa shape index (κ3) is 7.63. The zero-order valence-electron chi connectivity index (χ0n) is 22.6. The lowest BCUT2D eigenvalue weighted by atomic mass is 10.0. The van der Waals surface area contributed by atoms with Crippen LogP contribution in [0, 0.1) is 0 Å². The predicted octanol–water partition coefficient (Wildman–Crippen LogP) is 6.23. The monoisotopic (exact) mass is 643 g/mol. The van der Waals surface area contributed by atoms with Crippen molar-refractivity contribution in [2.45, 2.75) is 23.9 Å². The number of amides is 2. The first-order valence-electron chi connectivity index (χ1n) is 12.9. The molecule has 0 unspecified atom stereocenters. The summed E-state index contributed by atoms with van der Waals surface area (Å²) >= 11 is 18.9. The Morgan fingerprint density at radius 2 is 1.40 bits per heavy atom. The summed E-state index contributed by atoms with van der Waals surface area (Å²) < 4.78 is 28.9. The second-order valence-corrected chi connectivity index (χ2v) is 12.5. The van der Waals surface area contributed by atoms with E-state index in [0.717, 1.165) is 9.87 Å². The fourth-order valence-electron chi connectivity index (χ4n) is 4.46. The van der Waals surface area contributed by atoms with Gasteiger partial charge < -0.3 is 10.2 Å². The Balaban J connectivity index is 1.81. The van der Waals surface area contributed by atoms with Gasteiger partial charge in [-0.3, -0.25) is 13.9 Å². The number of hydrogen-bond donors (Lipinski definition) is 1. The molecule has 0 aliphatic rings. The third-order valence-corrected chi connectivity index (χ3v) is 9.11. The van der Waals surface area contributed by atoms with Gasteiger partial charge in [0.05, 0.1) is 15.6 Å². The van der Waals surface area contributed by atoms with E-state index < -0.39 is 34.4 Å². The van der Waals surface area contributed by atoms with E-state index >= 15 is 0 Å². The summed E-state index contributed by atoms with van der Waals surface area (Å²) in [6, 6.07) is 27.3. The highest BCUT2D eigenvalue weighted by Gasteiger charge is 2.35. The van der Waals surface area contributed by atoms with Gasteiger partial charge in [0.1, 0.15) is 12.6 Å². The Bertz CT molecular complexity index is 1650. The van der Waals surface area contributed by atoms with E-state index in [-0.39, 0.29) is 33.6 Å². The number of sulfonamides is 1. The number of rotatable bonds is 11. The minimum atomic E-state index is -4.29. The second kappa shape index (κ2) is 14.1. The van der Waals surface area contributed by atoms with Gasteiger partial charge in [-0.15, -0.1) is 0 Å². The van der Waals surface area contributed by atoms with Gasteiger partial charge in [0.25, 0.3) is 10.0 Å². The molecule has 11 heteroatoms. The maximum Gasteiger partial charge on any atom is 0.264 e. The molecule has 0 heterocycles. The van der Waals surface area contributed by atoms with Crippen LogP contribution in [0.1, 0.15) is 11.1 Å². The van der Waals surface area contributed by atoms with Gasteiger partial charge in [-0.1, -0.05) is 95.5 Å². The Kier molecular flexibility index (Phi) is 10.5. The molecule has 42 heavy (non-hydrogen) atoms. The molecule has 0 saturated carbocycles. The van der Waals surface area contributed by atoms with Crippen LogP contribution in [-0.2, 0) is 32.6 Å². The Morgan fingerprint density at radius 3 is 2.05 bits per heavy atom. The fourth-order valence-corrected chi connectivity index (χ4v) is 6.56. The number of anilines is 1. The quantitative estimate of drug-likeness (QED) is 0.210. The highest BCUT2D eigenvalue weighted by Crippen LogP contribution is 2.33. The van der Waals surface area contributed by atoms with Crippen LogP contribution in [0.25, 0.3) is 0 Å². The van der Waals surface area contributed by atoms with E-state index in [1.54, 1.807) is 42.5 Å². The molecule has 2 amide bonds. The lowest BCUT2D eigenvalue weighted by molar-refractivity contribution is -0.139. The summed E-state index contributed by atoms with van der Waals surface area (Å²) in [6.45, 7) is -0.660. The molecule has 0 radical (unpaired) electrons. The molecule has 0 spiro atoms. The van der Waals surface area contributed by atoms with E-state index in [2.05, 4.69) is 5.32 Å². The van der Waals surface area contributed by atoms with Crippen LogP contribution >= 0.6 is 34.8 Å². The SMILES string of the molecule is CNC(=O)[C@H](Cc1ccccc1)N(Cc1cccc(Cl)c1)C(=O)CN(c1cc(Cl)ccc1Cl)S(=O)(=O)c1ccccc1. The Labute approximate surface area is 260 Å². The number of halogens is 3. The molecule has 1 atom stereocenters. The first kappa shape index (κ1) is 31.4. The highest BCUT2D eigenvalue weighted by atomic mass is 35.5. The fraction of sp³-hybridized carbons (Fsp3) is 0.161. The van der Waals surface area contributed by atoms with E-state index in [1.807, 2.05) is 30.3 Å². The molecule has 0 aliphatic heterocycles. The lowest BCUT2D eigenvalue weighted by Gasteiger charge is -2.33. The standard InChI is InChI=1S/C31H28Cl3N3O4S/c1-35-31(39)29(18-22-9-4-2-5-10-22)36(20-23-11-8-12-24(32)17-23)30(38)21-37(28-19-25(33)15-16-27(28)34)42(40,41)26-13-6-3-7-14-26/h2-17,19,29H,18,20-21H2,1H3,(H,35,39)/t29-/m0/s1. The molecular formula is C31H28Cl3N3O4S. The summed E-state index contributed by atoms with van der Waals surface area (Å²) in [5.74, 6) is -1.04. The van der Waals surface area contributed by atoms with E-state index in [0.29, 0.717) is 10.6 Å². The van der Waals surface area contributed by atoms with Crippen molar-refractivity contribution in [3.05, 3.63) is 129 Å². The molecule has 4 aromatic carbocycles. The molecule has 0 fully saturated rings. The molecule has 0 bridgehead atoms. The van der Waals surface area contributed by atoms with Crippen LogP contribution in [0.3, 0.4) is 0 Å². The van der Waals surface area contributed by atoms with Crippen LogP contribution < -0.4 is 9.62 Å². The van der Waals surface area contributed by atoms with E-state index in [4.69, 9.17) is 34.8 Å². The van der Waals surface area contributed by atoms with Gasteiger partial charge in [-0.25, -0.2) is 8.42 Å². The molecule has 1 N–H and O–H groups in total. The number of likely N-dealkylation sites (N-methyl/N-ethyl adjacent to an activating group) is 1. The molecule has 4 aromatic rings. The summed E-state index contributed by atoms with van der Waals surface area (Å²) in [7, 11) is -2.80. The van der Waals surface area contributed by atoms with Gasteiger partial charge in [0, 0.05) is 30.1 Å². The maximum absolute atomic E-state index is 14.3. The number of nitrogens with one attached hydrogen (secondary N) is 1. The Hall–Kier alpha value is -3.56. The predicted molar refractivity (Wildman–Crippen MR) is 167 cm³/mol. The summed E-state index contributed by atoms with van der Waals surface area (Å²) in [6.07, 6.45) is 0.191. The van der Waals surface area contributed by atoms with Crippen molar-refractivity contribution in [2.75, 3.05) is 17.9 Å². The largest absolute Gasteiger partial charge is 0.357 e. The van der Waals surface area contributed by atoms with Crippen LogP contribution in [-0.4, -0.2) is 44.8 Å². The molecule has 0 saturated heterocycles. The smallest absolute Gasteiger partial charge is 0.264 e. The first-order valence-corrected chi connectivity index (χ1v) is 15.5. The molecule has 7 nitrogen and oxygen atoms in total. The number of hydrogen-bond acceptors (Lipinski definition) is 4. The molecule has 218 valence electrons. The molecule has 0 aliphatic carbocycles. The zero-order valence-corrected chi connectivity index (χ0v) is 25.7. The zero-order chi connectivity index (χ0) is 30.3. The van der Waals surface area contributed by atoms with Crippen LogP contribution in [0.5, 0.6) is 0 Å². The van der Waals surface area contributed by atoms with Crippen molar-refractivity contribution in [3.8, 4) is 0 Å². The van der Waals surface area contributed by atoms with Gasteiger partial charge in [-0.2, -0.15) is 0 Å². The summed E-state index contributed by atoms with van der Waals surface area (Å²) in [5.41, 5.74) is 1.52. The number of nitrogens with zero attached hydrogens (tertiary/aromatic N) is 2. The lowest BCUT2D eigenvalue weighted by Crippen LogP contribution is -2.53. The van der Waals surface area contributed by atoms with Crippen molar-refractivity contribution in [1.29, 1.82) is 0 Å². The normalized spacial score (nSPS) is 11.9. The second-order valence-electron chi connectivity index (χ2n) is 9.39. The van der Waals surface area contributed by atoms with Crippen molar-refractivity contribution >= 4 is 62.3 Å². The van der Waals surface area contributed by atoms with Crippen molar-refractivity contribution in [1.82, 2.24) is 10.2 Å². The average molecular weight is 645 g/mol. The maximum atomic E-state index is 14.3. The summed E-state index contributed by atoms with van der Waals surface area (Å²) in [5, 5.41) is 3.42. The van der Waals surface area contributed by atoms with Crippen molar-refractivity contribution in [3.63, 3.8) is 0 Å².